The van der Waals surface area contributed by atoms with Crippen LogP contribution in [0.5, 0.6) is 0 Å². The first-order valence-corrected chi connectivity index (χ1v) is 7.69. The first kappa shape index (κ1) is 13.3. The third kappa shape index (κ3) is 2.78. The van der Waals surface area contributed by atoms with Gasteiger partial charge in [0.1, 0.15) is 5.82 Å². The van der Waals surface area contributed by atoms with Crippen molar-refractivity contribution in [1.82, 2.24) is 4.98 Å². The first-order valence-electron chi connectivity index (χ1n) is 6.90. The normalized spacial score (nSPS) is 31.7. The minimum absolute atomic E-state index is 0.210. The summed E-state index contributed by atoms with van der Waals surface area (Å²) in [5, 5.41) is 10.2. The highest BCUT2D eigenvalue weighted by molar-refractivity contribution is 9.10. The van der Waals surface area contributed by atoms with E-state index in [0.29, 0.717) is 19.3 Å². The molecule has 2 aliphatic rings. The van der Waals surface area contributed by atoms with Gasteiger partial charge in [-0.3, -0.25) is 0 Å². The molecule has 0 aliphatic carbocycles. The second kappa shape index (κ2) is 5.77. The monoisotopic (exact) mass is 326 g/mol. The van der Waals surface area contributed by atoms with Gasteiger partial charge in [0, 0.05) is 35.8 Å². The van der Waals surface area contributed by atoms with Crippen molar-refractivity contribution in [2.75, 3.05) is 24.7 Å². The van der Waals surface area contributed by atoms with E-state index in [1.165, 1.54) is 0 Å². The van der Waals surface area contributed by atoms with Gasteiger partial charge in [0.05, 0.1) is 12.7 Å². The molecule has 3 heterocycles. The van der Waals surface area contributed by atoms with E-state index in [0.717, 1.165) is 36.1 Å². The maximum absolute atomic E-state index is 10.2. The third-order valence-corrected chi connectivity index (χ3v) is 4.63. The van der Waals surface area contributed by atoms with E-state index in [1.807, 2.05) is 18.3 Å². The SMILES string of the molecule is O[C@@H]1CCOC[C@H]1[C@H]1CCCN1c1ccc(Br)cn1. The Morgan fingerprint density at radius 2 is 2.26 bits per heavy atom. The van der Waals surface area contributed by atoms with Crippen LogP contribution in [0.2, 0.25) is 0 Å². The van der Waals surface area contributed by atoms with Crippen molar-refractivity contribution in [2.45, 2.75) is 31.4 Å². The Bertz CT molecular complexity index is 426. The lowest BCUT2D eigenvalue weighted by Gasteiger charge is -2.37. The lowest BCUT2D eigenvalue weighted by molar-refractivity contribution is -0.0438. The molecule has 3 rings (SSSR count). The predicted molar refractivity (Wildman–Crippen MR) is 77.2 cm³/mol. The molecule has 0 amide bonds. The van der Waals surface area contributed by atoms with Crippen molar-refractivity contribution in [3.8, 4) is 0 Å². The van der Waals surface area contributed by atoms with Gasteiger partial charge in [-0.25, -0.2) is 4.98 Å². The number of aromatic nitrogens is 1. The van der Waals surface area contributed by atoms with Crippen LogP contribution in [0.25, 0.3) is 0 Å². The summed E-state index contributed by atoms with van der Waals surface area (Å²) in [7, 11) is 0. The van der Waals surface area contributed by atoms with E-state index in [2.05, 4.69) is 25.8 Å². The maximum Gasteiger partial charge on any atom is 0.128 e. The fourth-order valence-corrected chi connectivity index (χ4v) is 3.41. The van der Waals surface area contributed by atoms with Gasteiger partial charge in [0.25, 0.3) is 0 Å². The van der Waals surface area contributed by atoms with Crippen molar-refractivity contribution >= 4 is 21.7 Å². The van der Waals surface area contributed by atoms with Crippen LogP contribution in [0.15, 0.2) is 22.8 Å². The largest absolute Gasteiger partial charge is 0.393 e. The lowest BCUT2D eigenvalue weighted by atomic mass is 9.89. The average molecular weight is 327 g/mol. The van der Waals surface area contributed by atoms with Crippen molar-refractivity contribution in [2.24, 2.45) is 5.92 Å². The van der Waals surface area contributed by atoms with Crippen molar-refractivity contribution in [3.63, 3.8) is 0 Å². The molecular weight excluding hydrogens is 308 g/mol. The fraction of sp³-hybridized carbons (Fsp3) is 0.643. The van der Waals surface area contributed by atoms with Gasteiger partial charge in [0.2, 0.25) is 0 Å². The van der Waals surface area contributed by atoms with Crippen molar-refractivity contribution < 1.29 is 9.84 Å². The van der Waals surface area contributed by atoms with E-state index in [4.69, 9.17) is 4.74 Å². The molecule has 4 nitrogen and oxygen atoms in total. The number of ether oxygens (including phenoxy) is 1. The summed E-state index contributed by atoms with van der Waals surface area (Å²) < 4.78 is 6.55. The molecule has 0 spiro atoms. The van der Waals surface area contributed by atoms with Crippen LogP contribution in [0, 0.1) is 5.92 Å². The zero-order chi connectivity index (χ0) is 13.2. The number of halogens is 1. The summed E-state index contributed by atoms with van der Waals surface area (Å²) in [6.07, 6.45) is 4.62. The second-order valence-corrected chi connectivity index (χ2v) is 6.25. The van der Waals surface area contributed by atoms with E-state index in [-0.39, 0.29) is 12.0 Å². The quantitative estimate of drug-likeness (QED) is 0.905. The number of nitrogens with zero attached hydrogens (tertiary/aromatic N) is 2. The Hall–Kier alpha value is -0.650. The minimum Gasteiger partial charge on any atom is -0.393 e. The predicted octanol–water partition coefficient (Wildman–Crippen LogP) is 2.21. The Labute approximate surface area is 121 Å². The van der Waals surface area contributed by atoms with Gasteiger partial charge in [-0.05, 0) is 47.3 Å². The van der Waals surface area contributed by atoms with Crippen molar-refractivity contribution in [3.05, 3.63) is 22.8 Å². The van der Waals surface area contributed by atoms with E-state index < -0.39 is 0 Å². The molecule has 2 saturated heterocycles. The lowest BCUT2D eigenvalue weighted by Crippen LogP contribution is -2.46. The average Bonchev–Trinajstić information content (AvgIpc) is 2.89. The summed E-state index contributed by atoms with van der Waals surface area (Å²) in [6.45, 7) is 2.36. The molecule has 1 N–H and O–H groups in total. The van der Waals surface area contributed by atoms with E-state index in [9.17, 15) is 5.11 Å². The molecule has 0 unspecified atom stereocenters. The topological polar surface area (TPSA) is 45.6 Å². The number of pyridine rings is 1. The maximum atomic E-state index is 10.2. The van der Waals surface area contributed by atoms with Crippen LogP contribution >= 0.6 is 15.9 Å². The Morgan fingerprint density at radius 3 is 3.00 bits per heavy atom. The number of rotatable bonds is 2. The summed E-state index contributed by atoms with van der Waals surface area (Å²) >= 11 is 3.41. The van der Waals surface area contributed by atoms with Crippen LogP contribution in [0.4, 0.5) is 5.82 Å². The molecule has 19 heavy (non-hydrogen) atoms. The molecular formula is C14H19BrN2O2. The van der Waals surface area contributed by atoms with Crippen LogP contribution in [0.1, 0.15) is 19.3 Å². The molecule has 104 valence electrons. The molecule has 0 bridgehead atoms. The highest BCUT2D eigenvalue weighted by Crippen LogP contribution is 2.32. The standard InChI is InChI=1S/C14H19BrN2O2/c15-10-3-4-14(16-8-10)17-6-1-2-12(17)11-9-19-7-5-13(11)18/h3-4,8,11-13,18H,1-2,5-7,9H2/t11-,12+,13+/m0/s1. The van der Waals surface area contributed by atoms with Crippen LogP contribution in [-0.4, -0.2) is 42.0 Å². The van der Waals surface area contributed by atoms with Gasteiger partial charge in [-0.1, -0.05) is 0 Å². The molecule has 0 saturated carbocycles. The fourth-order valence-electron chi connectivity index (χ4n) is 3.18. The summed E-state index contributed by atoms with van der Waals surface area (Å²) in [5.41, 5.74) is 0. The molecule has 0 aromatic carbocycles. The molecule has 5 heteroatoms. The van der Waals surface area contributed by atoms with E-state index in [1.54, 1.807) is 0 Å². The Kier molecular flexibility index (Phi) is 4.05. The third-order valence-electron chi connectivity index (χ3n) is 4.16. The smallest absolute Gasteiger partial charge is 0.128 e. The van der Waals surface area contributed by atoms with Crippen LogP contribution in [-0.2, 0) is 4.74 Å². The highest BCUT2D eigenvalue weighted by atomic mass is 79.9. The van der Waals surface area contributed by atoms with E-state index >= 15 is 0 Å². The molecule has 0 radical (unpaired) electrons. The molecule has 2 fully saturated rings. The molecule has 2 aliphatic heterocycles. The molecule has 3 atom stereocenters. The number of hydrogen-bond acceptors (Lipinski definition) is 4. The van der Waals surface area contributed by atoms with Gasteiger partial charge in [-0.15, -0.1) is 0 Å². The second-order valence-electron chi connectivity index (χ2n) is 5.33. The van der Waals surface area contributed by atoms with Crippen molar-refractivity contribution in [1.29, 1.82) is 0 Å². The number of aliphatic hydroxyl groups is 1. The molecule has 1 aromatic heterocycles. The van der Waals surface area contributed by atoms with Crippen LogP contribution in [0.3, 0.4) is 0 Å². The van der Waals surface area contributed by atoms with Gasteiger partial charge < -0.3 is 14.7 Å². The zero-order valence-corrected chi connectivity index (χ0v) is 12.4. The Morgan fingerprint density at radius 1 is 1.37 bits per heavy atom. The summed E-state index contributed by atoms with van der Waals surface area (Å²) in [5.74, 6) is 1.21. The van der Waals surface area contributed by atoms with Gasteiger partial charge >= 0.3 is 0 Å². The van der Waals surface area contributed by atoms with Crippen LogP contribution < -0.4 is 4.90 Å². The first-order chi connectivity index (χ1) is 9.25. The number of hydrogen-bond donors (Lipinski definition) is 1. The molecule has 1 aromatic rings. The minimum atomic E-state index is -0.241. The van der Waals surface area contributed by atoms with Gasteiger partial charge in [0.15, 0.2) is 0 Å². The highest BCUT2D eigenvalue weighted by Gasteiger charge is 2.38. The number of anilines is 1. The summed E-state index contributed by atoms with van der Waals surface area (Å²) in [4.78, 5) is 6.82. The summed E-state index contributed by atoms with van der Waals surface area (Å²) in [6, 6.07) is 4.41. The number of aliphatic hydroxyl groups excluding tert-OH is 1. The Balaban J connectivity index is 1.79. The zero-order valence-electron chi connectivity index (χ0n) is 10.8. The van der Waals surface area contributed by atoms with Gasteiger partial charge in [-0.2, -0.15) is 0 Å².